The molecule has 0 heterocycles. The Bertz CT molecular complexity index is 387. The average Bonchev–Trinajstić information content (AvgIpc) is 2.75. The van der Waals surface area contributed by atoms with Gasteiger partial charge in [0, 0.05) is 0 Å². The first kappa shape index (κ1) is 34.9. The van der Waals surface area contributed by atoms with Crippen molar-refractivity contribution < 1.29 is 23.1 Å². The number of alkyl halides is 3. The summed E-state index contributed by atoms with van der Waals surface area (Å²) in [5.41, 5.74) is 0. The lowest BCUT2D eigenvalue weighted by Gasteiger charge is -2.30. The van der Waals surface area contributed by atoms with E-state index in [1.807, 2.05) is 0 Å². The Labute approximate surface area is 205 Å². The molecule has 0 aliphatic carbocycles. The lowest BCUT2D eigenvalue weighted by atomic mass is 9.88. The molecule has 0 aromatic heterocycles. The number of halogens is 3. The van der Waals surface area contributed by atoms with E-state index in [0.29, 0.717) is 5.16 Å². The fourth-order valence-electron chi connectivity index (χ4n) is 4.15. The summed E-state index contributed by atoms with van der Waals surface area (Å²) in [6.45, 7) is 6.94. The summed E-state index contributed by atoms with van der Waals surface area (Å²) in [7, 11) is 3.34. The summed E-state index contributed by atoms with van der Waals surface area (Å²) in [6.07, 6.45) is 25.2. The molecular formula is C27H54F3O2P. The van der Waals surface area contributed by atoms with Crippen LogP contribution in [0.15, 0.2) is 0 Å². The zero-order chi connectivity index (χ0) is 25.4. The van der Waals surface area contributed by atoms with Crippen molar-refractivity contribution in [1.29, 1.82) is 0 Å². The van der Waals surface area contributed by atoms with E-state index in [1.54, 1.807) is 0 Å². The standard InChI is InChI=1S/C25H53P.C2HF3O2/c1-4-7-10-13-16-19-22-25(26,23-20-17-14-11-8-5-2)24-21-18-15-12-9-6-3;3-2(4,5)1(6)7/h4-24,26H2,1-3H3;(H,6,7). The molecule has 2 nitrogen and oxygen atoms in total. The Kier molecular flexibility index (Phi) is 24.7. The molecule has 0 aliphatic rings. The zero-order valence-corrected chi connectivity index (χ0v) is 23.1. The fourth-order valence-corrected chi connectivity index (χ4v) is 4.76. The van der Waals surface area contributed by atoms with Crippen molar-refractivity contribution >= 4 is 15.2 Å². The van der Waals surface area contributed by atoms with Gasteiger partial charge in [-0.15, -0.1) is 9.24 Å². The van der Waals surface area contributed by atoms with Gasteiger partial charge in [0.1, 0.15) is 0 Å². The first-order valence-electron chi connectivity index (χ1n) is 13.7. The number of carboxylic acids is 1. The third-order valence-corrected chi connectivity index (χ3v) is 7.19. The lowest BCUT2D eigenvalue weighted by Crippen LogP contribution is -2.21. The van der Waals surface area contributed by atoms with Gasteiger partial charge >= 0.3 is 12.1 Å². The molecule has 0 aliphatic heterocycles. The molecule has 6 heteroatoms. The maximum Gasteiger partial charge on any atom is 0.490 e. The fraction of sp³-hybridized carbons (Fsp3) is 0.963. The molecule has 0 fully saturated rings. The van der Waals surface area contributed by atoms with Crippen molar-refractivity contribution in [2.24, 2.45) is 0 Å². The van der Waals surface area contributed by atoms with Gasteiger partial charge in [0.2, 0.25) is 0 Å². The van der Waals surface area contributed by atoms with Crippen molar-refractivity contribution in [3.8, 4) is 0 Å². The minimum atomic E-state index is -5.08. The molecule has 0 saturated carbocycles. The van der Waals surface area contributed by atoms with Crippen LogP contribution in [0.5, 0.6) is 0 Å². The average molecular weight is 499 g/mol. The Morgan fingerprint density at radius 2 is 0.788 bits per heavy atom. The van der Waals surface area contributed by atoms with Gasteiger partial charge in [-0.25, -0.2) is 4.79 Å². The predicted octanol–water partition coefficient (Wildman–Crippen LogP) is 10.5. The minimum Gasteiger partial charge on any atom is -0.475 e. The number of hydrogen-bond donors (Lipinski definition) is 1. The third kappa shape index (κ3) is 26.1. The highest BCUT2D eigenvalue weighted by atomic mass is 31.0. The molecule has 0 amide bonds. The number of hydrogen-bond acceptors (Lipinski definition) is 1. The second-order valence-corrected chi connectivity index (χ2v) is 10.9. The highest BCUT2D eigenvalue weighted by molar-refractivity contribution is 7.19. The van der Waals surface area contributed by atoms with Crippen LogP contribution in [0, 0.1) is 0 Å². The van der Waals surface area contributed by atoms with Gasteiger partial charge in [-0.1, -0.05) is 136 Å². The van der Waals surface area contributed by atoms with Crippen molar-refractivity contribution in [2.45, 2.75) is 167 Å². The highest BCUT2D eigenvalue weighted by Gasteiger charge is 2.38. The van der Waals surface area contributed by atoms with Crippen molar-refractivity contribution in [2.75, 3.05) is 0 Å². The normalized spacial score (nSPS) is 11.8. The van der Waals surface area contributed by atoms with Gasteiger partial charge in [0.25, 0.3) is 0 Å². The Hall–Kier alpha value is -0.310. The minimum absolute atomic E-state index is 0.556. The first-order valence-corrected chi connectivity index (χ1v) is 14.3. The van der Waals surface area contributed by atoms with Crippen LogP contribution in [-0.2, 0) is 4.79 Å². The molecule has 0 rings (SSSR count). The number of unbranched alkanes of at least 4 members (excludes halogenated alkanes) is 15. The van der Waals surface area contributed by atoms with Crippen LogP contribution in [-0.4, -0.2) is 22.4 Å². The van der Waals surface area contributed by atoms with Gasteiger partial charge < -0.3 is 5.11 Å². The predicted molar refractivity (Wildman–Crippen MR) is 140 cm³/mol. The van der Waals surface area contributed by atoms with Crippen LogP contribution in [0.1, 0.15) is 156 Å². The number of carbonyl (C=O) groups is 1. The summed E-state index contributed by atoms with van der Waals surface area (Å²) in [5, 5.41) is 7.68. The van der Waals surface area contributed by atoms with Crippen LogP contribution in [0.2, 0.25) is 0 Å². The van der Waals surface area contributed by atoms with Gasteiger partial charge in [-0.2, -0.15) is 13.2 Å². The molecule has 1 N–H and O–H groups in total. The number of rotatable bonds is 21. The van der Waals surface area contributed by atoms with Crippen molar-refractivity contribution in [1.82, 2.24) is 0 Å². The summed E-state index contributed by atoms with van der Waals surface area (Å²) in [6, 6.07) is 0. The summed E-state index contributed by atoms with van der Waals surface area (Å²) >= 11 is 0. The molecule has 0 spiro atoms. The molecular weight excluding hydrogens is 444 g/mol. The maximum atomic E-state index is 10.6. The monoisotopic (exact) mass is 498 g/mol. The maximum absolute atomic E-state index is 10.6. The third-order valence-electron chi connectivity index (χ3n) is 6.33. The topological polar surface area (TPSA) is 37.3 Å². The Morgan fingerprint density at radius 1 is 0.576 bits per heavy atom. The van der Waals surface area contributed by atoms with Gasteiger partial charge in [0.05, 0.1) is 0 Å². The molecule has 0 saturated heterocycles. The molecule has 33 heavy (non-hydrogen) atoms. The highest BCUT2D eigenvalue weighted by Crippen LogP contribution is 2.37. The number of aliphatic carboxylic acids is 1. The molecule has 0 aromatic carbocycles. The SMILES string of the molecule is CCCCCCCCC(P)(CCCCCCCC)CCCCCCCC.O=C(O)C(F)(F)F. The smallest absolute Gasteiger partial charge is 0.475 e. The van der Waals surface area contributed by atoms with Crippen LogP contribution in [0.4, 0.5) is 13.2 Å². The van der Waals surface area contributed by atoms with E-state index >= 15 is 0 Å². The van der Waals surface area contributed by atoms with E-state index in [2.05, 4.69) is 30.0 Å². The number of carboxylic acid groups (broad SMARTS) is 1. The van der Waals surface area contributed by atoms with Gasteiger partial charge in [-0.3, -0.25) is 0 Å². The largest absolute Gasteiger partial charge is 0.490 e. The molecule has 1 atom stereocenters. The van der Waals surface area contributed by atoms with E-state index < -0.39 is 12.1 Å². The quantitative estimate of drug-likeness (QED) is 0.126. The molecule has 0 radical (unpaired) electrons. The van der Waals surface area contributed by atoms with Crippen LogP contribution in [0.3, 0.4) is 0 Å². The van der Waals surface area contributed by atoms with Crippen molar-refractivity contribution in [3.05, 3.63) is 0 Å². The van der Waals surface area contributed by atoms with Crippen LogP contribution >= 0.6 is 9.24 Å². The molecule has 200 valence electrons. The first-order chi connectivity index (χ1) is 15.6. The second kappa shape index (κ2) is 23.4. The summed E-state index contributed by atoms with van der Waals surface area (Å²) in [5.74, 6) is -2.76. The van der Waals surface area contributed by atoms with E-state index in [9.17, 15) is 13.2 Å². The van der Waals surface area contributed by atoms with Crippen molar-refractivity contribution in [3.63, 3.8) is 0 Å². The second-order valence-electron chi connectivity index (χ2n) is 9.72. The molecule has 0 bridgehead atoms. The summed E-state index contributed by atoms with van der Waals surface area (Å²) < 4.78 is 31.7. The molecule has 0 aromatic rings. The lowest BCUT2D eigenvalue weighted by molar-refractivity contribution is -0.192. The van der Waals surface area contributed by atoms with Crippen LogP contribution in [0.25, 0.3) is 0 Å². The Morgan fingerprint density at radius 3 is 1.00 bits per heavy atom. The molecule has 1 unspecified atom stereocenters. The van der Waals surface area contributed by atoms with E-state index in [1.165, 1.54) is 135 Å². The Balaban J connectivity index is 0. The van der Waals surface area contributed by atoms with Crippen LogP contribution < -0.4 is 0 Å². The van der Waals surface area contributed by atoms with E-state index in [0.717, 1.165) is 0 Å². The van der Waals surface area contributed by atoms with Gasteiger partial charge in [0.15, 0.2) is 0 Å². The van der Waals surface area contributed by atoms with Gasteiger partial charge in [-0.05, 0) is 24.4 Å². The van der Waals surface area contributed by atoms with E-state index in [4.69, 9.17) is 9.90 Å². The summed E-state index contributed by atoms with van der Waals surface area (Å²) in [4.78, 5) is 8.90. The zero-order valence-electron chi connectivity index (χ0n) is 21.9. The van der Waals surface area contributed by atoms with E-state index in [-0.39, 0.29) is 0 Å².